The maximum atomic E-state index is 13.8. The lowest BCUT2D eigenvalue weighted by Gasteiger charge is -2.04. The number of halogens is 2. The van der Waals surface area contributed by atoms with Crippen molar-refractivity contribution in [3.8, 4) is 11.4 Å². The van der Waals surface area contributed by atoms with E-state index in [9.17, 15) is 4.39 Å². The Labute approximate surface area is 136 Å². The molecule has 7 heteroatoms. The number of hydrogen-bond donors (Lipinski definition) is 1. The van der Waals surface area contributed by atoms with Crippen LogP contribution >= 0.6 is 23.4 Å². The molecule has 2 N–H and O–H groups in total. The van der Waals surface area contributed by atoms with Gasteiger partial charge in [0.15, 0.2) is 5.82 Å². The fraction of sp³-hybridized carbons (Fsp3) is 0.0667. The van der Waals surface area contributed by atoms with Gasteiger partial charge in [-0.3, -0.25) is 0 Å². The van der Waals surface area contributed by atoms with Crippen LogP contribution in [0.15, 0.2) is 53.7 Å². The largest absolute Gasteiger partial charge is 0.335 e. The summed E-state index contributed by atoms with van der Waals surface area (Å²) < 4.78 is 15.1. The van der Waals surface area contributed by atoms with E-state index in [4.69, 9.17) is 17.4 Å². The molecule has 1 heterocycles. The van der Waals surface area contributed by atoms with E-state index in [1.165, 1.54) is 22.5 Å². The summed E-state index contributed by atoms with van der Waals surface area (Å²) in [5, 5.41) is 9.22. The molecule has 0 bridgehead atoms. The first-order valence-electron chi connectivity index (χ1n) is 6.48. The lowest BCUT2D eigenvalue weighted by Crippen LogP contribution is -2.12. The van der Waals surface area contributed by atoms with Crippen molar-refractivity contribution in [3.63, 3.8) is 0 Å². The van der Waals surface area contributed by atoms with E-state index >= 15 is 0 Å². The van der Waals surface area contributed by atoms with Crippen LogP contribution in [-0.4, -0.2) is 14.9 Å². The second-order valence-corrected chi connectivity index (χ2v) is 5.95. The van der Waals surface area contributed by atoms with Crippen molar-refractivity contribution in [3.05, 3.63) is 64.9 Å². The molecule has 2 aromatic carbocycles. The van der Waals surface area contributed by atoms with Gasteiger partial charge in [0.25, 0.3) is 0 Å². The van der Waals surface area contributed by atoms with Gasteiger partial charge in [0.2, 0.25) is 5.16 Å². The third-order valence-electron chi connectivity index (χ3n) is 3.06. The average Bonchev–Trinajstić information content (AvgIpc) is 2.88. The summed E-state index contributed by atoms with van der Waals surface area (Å²) in [4.78, 5) is 0. The van der Waals surface area contributed by atoms with Gasteiger partial charge in [0.1, 0.15) is 5.82 Å². The fourth-order valence-corrected chi connectivity index (χ4v) is 2.87. The predicted molar refractivity (Wildman–Crippen MR) is 86.6 cm³/mol. The van der Waals surface area contributed by atoms with Gasteiger partial charge in [-0.05, 0) is 29.8 Å². The molecule has 4 nitrogen and oxygen atoms in total. The number of nitrogen functional groups attached to an aromatic ring is 1. The first kappa shape index (κ1) is 14.9. The molecule has 3 rings (SSSR count). The number of hydrogen-bond acceptors (Lipinski definition) is 4. The van der Waals surface area contributed by atoms with Crippen LogP contribution in [0.1, 0.15) is 5.56 Å². The van der Waals surface area contributed by atoms with Crippen LogP contribution in [0.4, 0.5) is 4.39 Å². The smallest absolute Gasteiger partial charge is 0.210 e. The molecule has 0 unspecified atom stereocenters. The Morgan fingerprint density at radius 1 is 1.09 bits per heavy atom. The minimum atomic E-state index is -0.379. The van der Waals surface area contributed by atoms with Crippen LogP contribution in [-0.2, 0) is 5.75 Å². The standard InChI is InChI=1S/C15H12ClFN4S/c16-11-7-5-10(6-8-11)9-22-15-20-19-14(21(15)18)12-3-1-2-4-13(12)17/h1-8H,9,18H2. The molecular weight excluding hydrogens is 323 g/mol. The number of aromatic nitrogens is 3. The second kappa shape index (κ2) is 6.37. The highest BCUT2D eigenvalue weighted by molar-refractivity contribution is 7.98. The normalized spacial score (nSPS) is 10.8. The Morgan fingerprint density at radius 3 is 2.55 bits per heavy atom. The topological polar surface area (TPSA) is 56.7 Å². The molecule has 0 fully saturated rings. The van der Waals surface area contributed by atoms with Crippen molar-refractivity contribution in [1.29, 1.82) is 0 Å². The molecule has 0 amide bonds. The van der Waals surface area contributed by atoms with Crippen molar-refractivity contribution in [2.75, 3.05) is 5.84 Å². The fourth-order valence-electron chi connectivity index (χ4n) is 1.93. The summed E-state index contributed by atoms with van der Waals surface area (Å²) >= 11 is 7.28. The molecule has 0 atom stereocenters. The first-order chi connectivity index (χ1) is 10.6. The van der Waals surface area contributed by atoms with E-state index in [-0.39, 0.29) is 5.82 Å². The van der Waals surface area contributed by atoms with Crippen LogP contribution < -0.4 is 5.84 Å². The van der Waals surface area contributed by atoms with Crippen LogP contribution in [0.3, 0.4) is 0 Å². The van der Waals surface area contributed by atoms with Crippen molar-refractivity contribution in [2.24, 2.45) is 0 Å². The van der Waals surface area contributed by atoms with E-state index in [0.29, 0.717) is 27.3 Å². The van der Waals surface area contributed by atoms with E-state index < -0.39 is 0 Å². The molecule has 112 valence electrons. The van der Waals surface area contributed by atoms with Gasteiger partial charge in [0, 0.05) is 10.8 Å². The van der Waals surface area contributed by atoms with Gasteiger partial charge >= 0.3 is 0 Å². The van der Waals surface area contributed by atoms with Gasteiger partial charge in [-0.15, -0.1) is 10.2 Å². The van der Waals surface area contributed by atoms with Crippen molar-refractivity contribution in [2.45, 2.75) is 10.9 Å². The number of nitrogens with zero attached hydrogens (tertiary/aromatic N) is 3. The lowest BCUT2D eigenvalue weighted by molar-refractivity contribution is 0.629. The number of nitrogens with two attached hydrogens (primary N) is 1. The highest BCUT2D eigenvalue weighted by Gasteiger charge is 2.15. The molecular formula is C15H12ClFN4S. The van der Waals surface area contributed by atoms with Crippen molar-refractivity contribution in [1.82, 2.24) is 14.9 Å². The Balaban J connectivity index is 1.79. The molecule has 0 spiro atoms. The summed E-state index contributed by atoms with van der Waals surface area (Å²) in [6.45, 7) is 0. The van der Waals surface area contributed by atoms with Crippen molar-refractivity contribution >= 4 is 23.4 Å². The molecule has 3 aromatic rings. The predicted octanol–water partition coefficient (Wildman–Crippen LogP) is 3.74. The third kappa shape index (κ3) is 3.08. The molecule has 0 saturated carbocycles. The lowest BCUT2D eigenvalue weighted by atomic mass is 10.2. The summed E-state index contributed by atoms with van der Waals surface area (Å²) in [6, 6.07) is 13.9. The van der Waals surface area contributed by atoms with Crippen LogP contribution in [0, 0.1) is 5.82 Å². The minimum Gasteiger partial charge on any atom is -0.335 e. The zero-order chi connectivity index (χ0) is 15.5. The van der Waals surface area contributed by atoms with Gasteiger partial charge in [-0.25, -0.2) is 9.07 Å². The van der Waals surface area contributed by atoms with Crippen LogP contribution in [0.5, 0.6) is 0 Å². The summed E-state index contributed by atoms with van der Waals surface area (Å²) in [7, 11) is 0. The number of benzene rings is 2. The third-order valence-corrected chi connectivity index (χ3v) is 4.33. The summed E-state index contributed by atoms with van der Waals surface area (Å²) in [5.41, 5.74) is 1.42. The van der Waals surface area contributed by atoms with E-state index in [1.807, 2.05) is 24.3 Å². The Bertz CT molecular complexity index is 788. The zero-order valence-corrected chi connectivity index (χ0v) is 13.0. The maximum absolute atomic E-state index is 13.8. The average molecular weight is 335 g/mol. The van der Waals surface area contributed by atoms with Gasteiger partial charge in [0.05, 0.1) is 5.56 Å². The highest BCUT2D eigenvalue weighted by Crippen LogP contribution is 2.26. The molecule has 1 aromatic heterocycles. The molecule has 0 saturated heterocycles. The molecule has 0 aliphatic carbocycles. The zero-order valence-electron chi connectivity index (χ0n) is 11.4. The van der Waals surface area contributed by atoms with Crippen LogP contribution in [0.2, 0.25) is 5.02 Å². The molecule has 22 heavy (non-hydrogen) atoms. The Morgan fingerprint density at radius 2 is 1.82 bits per heavy atom. The van der Waals surface area contributed by atoms with E-state index in [1.54, 1.807) is 18.2 Å². The van der Waals surface area contributed by atoms with Gasteiger partial charge < -0.3 is 5.84 Å². The van der Waals surface area contributed by atoms with Crippen molar-refractivity contribution < 1.29 is 4.39 Å². The summed E-state index contributed by atoms with van der Waals surface area (Å²) in [6.07, 6.45) is 0. The minimum absolute atomic E-state index is 0.303. The Hall–Kier alpha value is -2.05. The SMILES string of the molecule is Nn1c(SCc2ccc(Cl)cc2)nnc1-c1ccccc1F. The quantitative estimate of drug-likeness (QED) is 0.583. The van der Waals surface area contributed by atoms with E-state index in [2.05, 4.69) is 10.2 Å². The Kier molecular flexibility index (Phi) is 4.31. The highest BCUT2D eigenvalue weighted by atomic mass is 35.5. The first-order valence-corrected chi connectivity index (χ1v) is 7.84. The number of rotatable bonds is 4. The van der Waals surface area contributed by atoms with Gasteiger partial charge in [-0.1, -0.05) is 47.6 Å². The molecule has 0 radical (unpaired) electrons. The van der Waals surface area contributed by atoms with Gasteiger partial charge in [-0.2, -0.15) is 0 Å². The monoisotopic (exact) mass is 334 g/mol. The summed E-state index contributed by atoms with van der Waals surface area (Å²) in [5.74, 6) is 6.57. The van der Waals surface area contributed by atoms with E-state index in [0.717, 1.165) is 5.56 Å². The maximum Gasteiger partial charge on any atom is 0.210 e. The molecule has 0 aliphatic rings. The number of thioether (sulfide) groups is 1. The molecule has 0 aliphatic heterocycles. The second-order valence-electron chi connectivity index (χ2n) is 4.57. The van der Waals surface area contributed by atoms with Crippen LogP contribution in [0.25, 0.3) is 11.4 Å².